The van der Waals surface area contributed by atoms with Gasteiger partial charge in [0.25, 0.3) is 0 Å². The van der Waals surface area contributed by atoms with Crippen LogP contribution >= 0.6 is 0 Å². The van der Waals surface area contributed by atoms with Crippen LogP contribution in [0.3, 0.4) is 0 Å². The number of ketones is 1. The number of fused-ring (bicyclic) bond motifs is 4. The first-order chi connectivity index (χ1) is 24.3. The van der Waals surface area contributed by atoms with Crippen molar-refractivity contribution >= 4 is 30.7 Å². The van der Waals surface area contributed by atoms with Crippen molar-refractivity contribution < 1.29 is 27.2 Å². The number of pyridine rings is 1. The predicted molar refractivity (Wildman–Crippen MR) is 226 cm³/mol. The predicted octanol–water partition coefficient (Wildman–Crippen LogP) is 11.3. The summed E-state index contributed by atoms with van der Waals surface area (Å²) in [7, 11) is -6.83. The molecule has 3 aliphatic rings. The maximum atomic E-state index is 15.3. The molecule has 302 valence electrons. The lowest BCUT2D eigenvalue weighted by Crippen LogP contribution is -2.73. The van der Waals surface area contributed by atoms with Gasteiger partial charge in [-0.15, -0.1) is 0 Å². The summed E-state index contributed by atoms with van der Waals surface area (Å²) >= 11 is 0. The van der Waals surface area contributed by atoms with E-state index in [1.165, 1.54) is 0 Å². The Morgan fingerprint density at radius 3 is 1.91 bits per heavy atom. The Labute approximate surface area is 329 Å². The molecule has 54 heavy (non-hydrogen) atoms. The van der Waals surface area contributed by atoms with E-state index >= 15 is 4.79 Å². The molecular weight excluding hydrogens is 727 g/mol. The van der Waals surface area contributed by atoms with Crippen molar-refractivity contribution in [2.24, 2.45) is 22.7 Å². The molecule has 0 radical (unpaired) electrons. The first kappa shape index (κ1) is 43.2. The lowest BCUT2D eigenvalue weighted by atomic mass is 9.43. The number of hydrogen-bond acceptors (Lipinski definition) is 8. The van der Waals surface area contributed by atoms with Gasteiger partial charge in [-0.2, -0.15) is 0 Å². The van der Waals surface area contributed by atoms with Crippen LogP contribution in [-0.4, -0.2) is 60.1 Å². The van der Waals surface area contributed by atoms with Gasteiger partial charge in [0, 0.05) is 36.0 Å². The van der Waals surface area contributed by atoms with Gasteiger partial charge < -0.3 is 22.4 Å². The average Bonchev–Trinajstić information content (AvgIpc) is 3.01. The van der Waals surface area contributed by atoms with Crippen molar-refractivity contribution in [3.8, 4) is 17.1 Å². The number of aromatic nitrogens is 1. The molecule has 0 spiro atoms. The number of carbonyl (C=O) groups is 1. The Balaban J connectivity index is 1.72. The fraction of sp³-hybridized carbons (Fsp3) is 0.744. The van der Waals surface area contributed by atoms with Crippen LogP contribution in [0.2, 0.25) is 54.4 Å². The number of ether oxygens (including phenoxy) is 1. The quantitative estimate of drug-likeness (QED) is 0.244. The molecule has 8 nitrogen and oxygen atoms in total. The molecular formula is C43H71NO7Si3. The van der Waals surface area contributed by atoms with E-state index in [9.17, 15) is 4.79 Å². The van der Waals surface area contributed by atoms with Crippen molar-refractivity contribution in [2.45, 2.75) is 175 Å². The molecule has 2 aliphatic carbocycles. The fourth-order valence-electron chi connectivity index (χ4n) is 8.76. The van der Waals surface area contributed by atoms with E-state index in [4.69, 9.17) is 22.4 Å². The van der Waals surface area contributed by atoms with Gasteiger partial charge in [0.2, 0.25) is 0 Å². The van der Waals surface area contributed by atoms with Crippen LogP contribution in [0, 0.1) is 22.7 Å². The largest absolute Gasteiger partial charge is 0.483 e. The molecule has 7 atom stereocenters. The fourth-order valence-corrected chi connectivity index (χ4v) is 12.7. The highest BCUT2D eigenvalue weighted by Crippen LogP contribution is 2.66. The average molecular weight is 798 g/mol. The van der Waals surface area contributed by atoms with Crippen LogP contribution in [0.1, 0.15) is 113 Å². The number of nitrogens with zero attached hydrogens (tertiary/aromatic N) is 1. The Morgan fingerprint density at radius 2 is 1.39 bits per heavy atom. The maximum Gasteiger partial charge on any atom is 0.351 e. The smallest absolute Gasteiger partial charge is 0.351 e. The van der Waals surface area contributed by atoms with E-state index in [1.807, 2.05) is 6.07 Å². The number of carbonyl (C=O) groups excluding carboxylic acids is 1. The van der Waals surface area contributed by atoms with E-state index in [0.717, 1.165) is 12.8 Å². The van der Waals surface area contributed by atoms with E-state index < -0.39 is 59.0 Å². The summed E-state index contributed by atoms with van der Waals surface area (Å²) in [5.74, 6) is -0.306. The van der Waals surface area contributed by atoms with Gasteiger partial charge in [0.1, 0.15) is 22.7 Å². The van der Waals surface area contributed by atoms with E-state index in [-0.39, 0.29) is 44.2 Å². The summed E-state index contributed by atoms with van der Waals surface area (Å²) in [5, 5.41) is -0.0382. The van der Waals surface area contributed by atoms with E-state index in [1.54, 1.807) is 24.5 Å². The summed E-state index contributed by atoms with van der Waals surface area (Å²) in [6.07, 6.45) is 5.04. The van der Waals surface area contributed by atoms with Gasteiger partial charge in [-0.3, -0.25) is 9.78 Å². The molecule has 2 fully saturated rings. The molecule has 5 rings (SSSR count). The second-order valence-electron chi connectivity index (χ2n) is 22.1. The van der Waals surface area contributed by atoms with Gasteiger partial charge in [-0.1, -0.05) is 76.2 Å². The third-order valence-corrected chi connectivity index (χ3v) is 28.8. The summed E-state index contributed by atoms with van der Waals surface area (Å²) in [5.41, 5.74) is -2.09. The minimum Gasteiger partial charge on any atom is -0.483 e. The van der Waals surface area contributed by atoms with Gasteiger partial charge in [-0.05, 0) is 104 Å². The molecule has 0 saturated heterocycles. The van der Waals surface area contributed by atoms with Crippen molar-refractivity contribution in [3.63, 3.8) is 0 Å². The van der Waals surface area contributed by atoms with Crippen LogP contribution in [0.5, 0.6) is 5.75 Å². The third-order valence-electron chi connectivity index (χ3n) is 15.3. The first-order valence-electron chi connectivity index (χ1n) is 20.1. The van der Waals surface area contributed by atoms with Crippen molar-refractivity contribution in [3.05, 3.63) is 46.6 Å². The molecule has 2 aromatic rings. The zero-order valence-corrected chi connectivity index (χ0v) is 39.8. The van der Waals surface area contributed by atoms with Crippen LogP contribution < -0.4 is 10.4 Å². The maximum absolute atomic E-state index is 15.3. The van der Waals surface area contributed by atoms with Gasteiger partial charge >= 0.3 is 5.63 Å². The second kappa shape index (κ2) is 13.6. The van der Waals surface area contributed by atoms with Crippen LogP contribution in [0.4, 0.5) is 0 Å². The Morgan fingerprint density at radius 1 is 0.833 bits per heavy atom. The monoisotopic (exact) mass is 797 g/mol. The highest BCUT2D eigenvalue weighted by atomic mass is 28.4. The highest BCUT2D eigenvalue weighted by Gasteiger charge is 2.71. The lowest BCUT2D eigenvalue weighted by molar-refractivity contribution is -0.220. The zero-order chi connectivity index (χ0) is 40.9. The minimum atomic E-state index is -2.41. The summed E-state index contributed by atoms with van der Waals surface area (Å²) < 4.78 is 35.2. The van der Waals surface area contributed by atoms with E-state index in [2.05, 4.69) is 127 Å². The standard InChI is InChI=1S/C43H71NO7Si3/c1-38(2,3)52(13,14)47-27-42(11)31-25-33(51-54(17,18)40(7,8)9)43(12)36(41(31,10)22-21-32(42)50-53(15,16)39(4,5)6)35(45)34-30(49-43)24-29(48-37(34)46)28-20-19-23-44-26-28/h19-20,23-24,26,31-33,36H,21-22,25,27H2,1-18H3/t31-,32+,33+,36-,41+,42+,43-/m1/s1. The van der Waals surface area contributed by atoms with Crippen molar-refractivity contribution in [1.82, 2.24) is 4.98 Å². The highest BCUT2D eigenvalue weighted by molar-refractivity contribution is 6.75. The van der Waals surface area contributed by atoms with Crippen molar-refractivity contribution in [1.29, 1.82) is 0 Å². The van der Waals surface area contributed by atoms with Crippen LogP contribution in [-0.2, 0) is 13.3 Å². The lowest BCUT2D eigenvalue weighted by Gasteiger charge is -2.67. The zero-order valence-electron chi connectivity index (χ0n) is 36.8. The van der Waals surface area contributed by atoms with Gasteiger partial charge in [-0.25, -0.2) is 4.79 Å². The number of rotatable bonds is 8. The molecule has 0 amide bonds. The molecule has 0 aromatic carbocycles. The van der Waals surface area contributed by atoms with Crippen LogP contribution in [0.25, 0.3) is 11.3 Å². The molecule has 2 aromatic heterocycles. The number of hydrogen-bond donors (Lipinski definition) is 0. The molecule has 1 aliphatic heterocycles. The SMILES string of the molecule is CC(C)(C)[Si](C)(C)OC[C@@]1(C)[C@@H]2C[C@H](O[Si](C)(C)C(C)(C)C)[C@@]3(C)Oc4cc(-c5cccnc5)oc(=O)c4C(=O)[C@@H]3[C@@]2(C)CC[C@@H]1O[Si](C)(C)C(C)(C)C. The topological polar surface area (TPSA) is 97.1 Å². The first-order valence-corrected chi connectivity index (χ1v) is 28.9. The van der Waals surface area contributed by atoms with Crippen molar-refractivity contribution in [2.75, 3.05) is 6.61 Å². The Bertz CT molecular complexity index is 1790. The molecule has 0 N–H and O–H groups in total. The summed E-state index contributed by atoms with van der Waals surface area (Å²) in [6, 6.07) is 5.33. The normalized spacial score (nSPS) is 31.0. The molecule has 3 heterocycles. The van der Waals surface area contributed by atoms with Gasteiger partial charge in [0.15, 0.2) is 30.7 Å². The summed E-state index contributed by atoms with van der Waals surface area (Å²) in [4.78, 5) is 33.5. The second-order valence-corrected chi connectivity index (χ2v) is 36.4. The van der Waals surface area contributed by atoms with Crippen LogP contribution in [0.15, 0.2) is 39.8 Å². The van der Waals surface area contributed by atoms with Gasteiger partial charge in [0.05, 0.1) is 18.1 Å². The minimum absolute atomic E-state index is 0.00283. The molecule has 11 heteroatoms. The molecule has 2 saturated carbocycles. The molecule has 0 unspecified atom stereocenters. The molecule has 0 bridgehead atoms. The van der Waals surface area contributed by atoms with E-state index in [0.29, 0.717) is 24.4 Å². The Kier molecular flexibility index (Phi) is 10.9. The third kappa shape index (κ3) is 7.25. The Hall–Kier alpha value is -1.90. The number of Topliss-reactive ketones (excluding diaryl/α,β-unsaturated/α-hetero) is 1. The summed E-state index contributed by atoms with van der Waals surface area (Å²) in [6.45, 7) is 41.6.